The molecule has 0 radical (unpaired) electrons. The van der Waals surface area contributed by atoms with Crippen molar-refractivity contribution in [3.63, 3.8) is 0 Å². The molecule has 1 aromatic heterocycles. The molecule has 2 aliphatic heterocycles. The number of urea groups is 1. The van der Waals surface area contributed by atoms with Crippen LogP contribution in [0.25, 0.3) is 10.9 Å². The number of nitrogens with one attached hydrogen (secondary N) is 2. The third kappa shape index (κ3) is 4.12. The summed E-state index contributed by atoms with van der Waals surface area (Å²) in [6.07, 6.45) is 0.419. The molecule has 8 nitrogen and oxygen atoms in total. The van der Waals surface area contributed by atoms with E-state index in [9.17, 15) is 14.4 Å². The van der Waals surface area contributed by atoms with Crippen LogP contribution in [-0.2, 0) is 11.2 Å². The predicted molar refractivity (Wildman–Crippen MR) is 149 cm³/mol. The topological polar surface area (TPSA) is 94.7 Å². The van der Waals surface area contributed by atoms with E-state index in [1.54, 1.807) is 36.3 Å². The molecule has 4 aromatic rings. The monoisotopic (exact) mass is 522 g/mol. The van der Waals surface area contributed by atoms with Gasteiger partial charge in [0.05, 0.1) is 12.8 Å². The van der Waals surface area contributed by atoms with Crippen molar-refractivity contribution in [3.8, 4) is 5.75 Å². The van der Waals surface area contributed by atoms with Gasteiger partial charge >= 0.3 is 6.03 Å². The molecule has 1 fully saturated rings. The molecule has 0 saturated carbocycles. The maximum atomic E-state index is 14.0. The zero-order valence-corrected chi connectivity index (χ0v) is 22.1. The van der Waals surface area contributed by atoms with E-state index in [0.717, 1.165) is 27.7 Å². The molecule has 39 heavy (non-hydrogen) atoms. The third-order valence-electron chi connectivity index (χ3n) is 7.54. The molecule has 0 unspecified atom stereocenters. The molecule has 2 N–H and O–H groups in total. The zero-order valence-electron chi connectivity index (χ0n) is 22.1. The molecule has 2 atom stereocenters. The number of amides is 4. The van der Waals surface area contributed by atoms with Crippen molar-refractivity contribution in [3.05, 3.63) is 95.2 Å². The van der Waals surface area contributed by atoms with Gasteiger partial charge in [-0.1, -0.05) is 44.2 Å². The van der Waals surface area contributed by atoms with E-state index >= 15 is 0 Å². The summed E-state index contributed by atoms with van der Waals surface area (Å²) >= 11 is 0. The minimum atomic E-state index is -0.648. The minimum Gasteiger partial charge on any atom is -0.497 e. The zero-order chi connectivity index (χ0) is 27.3. The van der Waals surface area contributed by atoms with E-state index < -0.39 is 12.1 Å². The van der Waals surface area contributed by atoms with Crippen molar-refractivity contribution in [1.82, 2.24) is 15.2 Å². The number of benzene rings is 3. The van der Waals surface area contributed by atoms with Crippen molar-refractivity contribution in [2.75, 3.05) is 18.6 Å². The molecule has 8 heteroatoms. The molecule has 0 spiro atoms. The molecule has 4 amide bonds. The summed E-state index contributed by atoms with van der Waals surface area (Å²) in [6, 6.07) is 20.7. The predicted octanol–water partition coefficient (Wildman–Crippen LogP) is 5.05. The maximum Gasteiger partial charge on any atom is 0.332 e. The van der Waals surface area contributed by atoms with Gasteiger partial charge < -0.3 is 15.0 Å². The number of carbonyl (C=O) groups excluding carboxylic acids is 3. The van der Waals surface area contributed by atoms with Gasteiger partial charge in [-0.25, -0.2) is 9.69 Å². The lowest BCUT2D eigenvalue weighted by Gasteiger charge is -2.36. The van der Waals surface area contributed by atoms with Crippen LogP contribution in [0.5, 0.6) is 5.75 Å². The minimum absolute atomic E-state index is 0.184. The molecule has 6 rings (SSSR count). The normalized spacial score (nSPS) is 18.5. The molecular formula is C31H30N4O4. The van der Waals surface area contributed by atoms with Crippen LogP contribution in [0.3, 0.4) is 0 Å². The Kier molecular flexibility index (Phi) is 6.10. The SMILES string of the molecule is COc1ccc([C@@H]2c3[nH]c4ccccc4c3C[C@H]3C(=O)N(c4ccc(C(=O)NCC(C)C)cc4)C(=O)N23)cc1. The number of nitrogens with zero attached hydrogens (tertiary/aromatic N) is 2. The molecule has 2 aliphatic rings. The third-order valence-corrected chi connectivity index (χ3v) is 7.54. The van der Waals surface area contributed by atoms with Crippen molar-refractivity contribution < 1.29 is 19.1 Å². The number of H-pyrrole nitrogens is 1. The summed E-state index contributed by atoms with van der Waals surface area (Å²) in [5.74, 6) is 0.592. The van der Waals surface area contributed by atoms with E-state index in [1.807, 2.05) is 62.4 Å². The summed E-state index contributed by atoms with van der Waals surface area (Å²) in [7, 11) is 1.61. The largest absolute Gasteiger partial charge is 0.497 e. The quantitative estimate of drug-likeness (QED) is 0.347. The van der Waals surface area contributed by atoms with Crippen LogP contribution in [0.15, 0.2) is 72.8 Å². The number of anilines is 1. The highest BCUT2D eigenvalue weighted by Gasteiger charge is 2.53. The summed E-state index contributed by atoms with van der Waals surface area (Å²) in [5.41, 5.74) is 4.75. The second-order valence-corrected chi connectivity index (χ2v) is 10.5. The number of hydrogen-bond acceptors (Lipinski definition) is 4. The number of rotatable bonds is 6. The average Bonchev–Trinajstić information content (AvgIpc) is 3.45. The van der Waals surface area contributed by atoms with E-state index in [-0.39, 0.29) is 17.8 Å². The maximum absolute atomic E-state index is 14.0. The Morgan fingerprint density at radius 3 is 2.44 bits per heavy atom. The first-order valence-corrected chi connectivity index (χ1v) is 13.1. The number of methoxy groups -OCH3 is 1. The van der Waals surface area contributed by atoms with E-state index in [4.69, 9.17) is 4.74 Å². The first-order chi connectivity index (χ1) is 18.9. The lowest BCUT2D eigenvalue weighted by atomic mass is 9.89. The first-order valence-electron chi connectivity index (χ1n) is 13.1. The number of aromatic nitrogens is 1. The van der Waals surface area contributed by atoms with Crippen LogP contribution in [0, 0.1) is 5.92 Å². The van der Waals surface area contributed by atoms with E-state index in [1.165, 1.54) is 4.90 Å². The Bertz CT molecular complexity index is 1570. The van der Waals surface area contributed by atoms with Crippen molar-refractivity contribution >= 4 is 34.4 Å². The summed E-state index contributed by atoms with van der Waals surface area (Å²) in [6.45, 7) is 4.63. The Balaban J connectivity index is 1.38. The Morgan fingerprint density at radius 2 is 1.74 bits per heavy atom. The number of ether oxygens (including phenoxy) is 1. The number of para-hydroxylation sites is 1. The standard InChI is InChI=1S/C31H30N4O4/c1-18(2)17-32-29(36)20-8-12-21(13-9-20)34-30(37)26-16-24-23-6-4-5-7-25(23)33-27(24)28(35(26)31(34)38)19-10-14-22(39-3)15-11-19/h4-15,18,26,28,33H,16-17H2,1-3H3,(H,32,36)/t26-,28+/m0/s1. The molecule has 0 bridgehead atoms. The second-order valence-electron chi connectivity index (χ2n) is 10.5. The Morgan fingerprint density at radius 1 is 1.03 bits per heavy atom. The average molecular weight is 523 g/mol. The molecule has 3 aromatic carbocycles. The molecular weight excluding hydrogens is 492 g/mol. The number of carbonyl (C=O) groups is 3. The fourth-order valence-corrected chi connectivity index (χ4v) is 5.61. The van der Waals surface area contributed by atoms with Crippen LogP contribution in [0.4, 0.5) is 10.5 Å². The molecule has 0 aliphatic carbocycles. The highest BCUT2D eigenvalue weighted by molar-refractivity contribution is 6.22. The Labute approximate surface area is 226 Å². The number of fused-ring (bicyclic) bond motifs is 4. The van der Waals surface area contributed by atoms with Gasteiger partial charge in [-0.15, -0.1) is 0 Å². The van der Waals surface area contributed by atoms with Crippen LogP contribution in [0.2, 0.25) is 0 Å². The van der Waals surface area contributed by atoms with Gasteiger partial charge in [0.2, 0.25) is 0 Å². The lowest BCUT2D eigenvalue weighted by Crippen LogP contribution is -2.44. The second kappa shape index (κ2) is 9.62. The lowest BCUT2D eigenvalue weighted by molar-refractivity contribution is -0.120. The smallest absolute Gasteiger partial charge is 0.332 e. The highest BCUT2D eigenvalue weighted by Crippen LogP contribution is 2.45. The summed E-state index contributed by atoms with van der Waals surface area (Å²) in [4.78, 5) is 46.8. The van der Waals surface area contributed by atoms with Gasteiger partial charge in [-0.05, 0) is 59.5 Å². The fourth-order valence-electron chi connectivity index (χ4n) is 5.61. The van der Waals surface area contributed by atoms with Gasteiger partial charge in [0.25, 0.3) is 11.8 Å². The van der Waals surface area contributed by atoms with Crippen molar-refractivity contribution in [2.45, 2.75) is 32.4 Å². The van der Waals surface area contributed by atoms with Gasteiger partial charge in [0.1, 0.15) is 17.8 Å². The van der Waals surface area contributed by atoms with E-state index in [2.05, 4.69) is 10.3 Å². The number of imide groups is 1. The molecule has 198 valence electrons. The van der Waals surface area contributed by atoms with Gasteiger partial charge in [0, 0.05) is 35.1 Å². The highest BCUT2D eigenvalue weighted by atomic mass is 16.5. The summed E-state index contributed by atoms with van der Waals surface area (Å²) in [5, 5.41) is 3.95. The van der Waals surface area contributed by atoms with E-state index in [0.29, 0.717) is 35.9 Å². The van der Waals surface area contributed by atoms with Gasteiger partial charge in [-0.2, -0.15) is 0 Å². The van der Waals surface area contributed by atoms with Crippen molar-refractivity contribution in [2.24, 2.45) is 5.92 Å². The van der Waals surface area contributed by atoms with Crippen LogP contribution >= 0.6 is 0 Å². The van der Waals surface area contributed by atoms with Crippen molar-refractivity contribution in [1.29, 1.82) is 0 Å². The molecule has 1 saturated heterocycles. The fraction of sp³-hybridized carbons (Fsp3) is 0.258. The Hall–Kier alpha value is -4.59. The first kappa shape index (κ1) is 24.7. The number of hydrogen-bond donors (Lipinski definition) is 2. The number of aromatic amines is 1. The van der Waals surface area contributed by atoms with Crippen LogP contribution in [-0.4, -0.2) is 47.4 Å². The van der Waals surface area contributed by atoms with Crippen LogP contribution < -0.4 is 15.0 Å². The molecule has 3 heterocycles. The van der Waals surface area contributed by atoms with Gasteiger partial charge in [-0.3, -0.25) is 14.5 Å². The van der Waals surface area contributed by atoms with Crippen LogP contribution in [0.1, 0.15) is 47.1 Å². The summed E-state index contributed by atoms with van der Waals surface area (Å²) < 4.78 is 5.35. The van der Waals surface area contributed by atoms with Gasteiger partial charge in [0.15, 0.2) is 0 Å².